The number of ether oxygens (including phenoxy) is 2. The second kappa shape index (κ2) is 7.64. The summed E-state index contributed by atoms with van der Waals surface area (Å²) >= 11 is 1.61. The van der Waals surface area contributed by atoms with Crippen LogP contribution in [0.3, 0.4) is 0 Å². The number of carbonyl (C=O) groups excluding carboxylic acids is 1. The number of hydrogen-bond acceptors (Lipinski definition) is 6. The first-order valence-electron chi connectivity index (χ1n) is 9.87. The van der Waals surface area contributed by atoms with E-state index in [4.69, 9.17) is 19.6 Å². The number of rotatable bonds is 4. The predicted molar refractivity (Wildman–Crippen MR) is 109 cm³/mol. The number of urea groups is 1. The Labute approximate surface area is 172 Å². The highest BCUT2D eigenvalue weighted by Crippen LogP contribution is 2.30. The number of methoxy groups -OCH3 is 1. The Morgan fingerprint density at radius 1 is 1.38 bits per heavy atom. The number of hydrogen-bond donors (Lipinski definition) is 1. The lowest BCUT2D eigenvalue weighted by molar-refractivity contribution is 0.108. The van der Waals surface area contributed by atoms with Gasteiger partial charge in [0, 0.05) is 36.6 Å². The van der Waals surface area contributed by atoms with Gasteiger partial charge in [0.05, 0.1) is 25.5 Å². The van der Waals surface area contributed by atoms with Crippen molar-refractivity contribution in [3.05, 3.63) is 34.8 Å². The molecule has 0 aliphatic carbocycles. The molecule has 0 bridgehead atoms. The molecule has 0 saturated carbocycles. The van der Waals surface area contributed by atoms with Crippen LogP contribution in [-0.2, 0) is 17.7 Å². The van der Waals surface area contributed by atoms with E-state index in [9.17, 15) is 4.79 Å². The number of nitrogens with one attached hydrogen (secondary N) is 1. The van der Waals surface area contributed by atoms with Gasteiger partial charge in [0.1, 0.15) is 5.75 Å². The largest absolute Gasteiger partial charge is 0.497 e. The van der Waals surface area contributed by atoms with Crippen molar-refractivity contribution in [1.29, 1.82) is 0 Å². The van der Waals surface area contributed by atoms with Crippen molar-refractivity contribution in [2.24, 2.45) is 0 Å². The summed E-state index contributed by atoms with van der Waals surface area (Å²) in [6.45, 7) is 2.66. The van der Waals surface area contributed by atoms with Crippen LogP contribution in [-0.4, -0.2) is 58.4 Å². The van der Waals surface area contributed by atoms with Crippen LogP contribution in [0.5, 0.6) is 5.75 Å². The molecule has 2 aliphatic heterocycles. The van der Waals surface area contributed by atoms with Gasteiger partial charge in [0.15, 0.2) is 5.82 Å². The monoisotopic (exact) mass is 413 g/mol. The Balaban J connectivity index is 1.29. The predicted octanol–water partition coefficient (Wildman–Crippen LogP) is 2.71. The van der Waals surface area contributed by atoms with E-state index in [2.05, 4.69) is 5.32 Å². The molecule has 8 nitrogen and oxygen atoms in total. The van der Waals surface area contributed by atoms with Gasteiger partial charge in [-0.15, -0.1) is 5.10 Å². The second-order valence-electron chi connectivity index (χ2n) is 7.32. The van der Waals surface area contributed by atoms with Gasteiger partial charge in [-0.25, -0.2) is 9.31 Å². The topological polar surface area (TPSA) is 81.0 Å². The third kappa shape index (κ3) is 3.56. The maximum Gasteiger partial charge on any atom is 0.317 e. The molecule has 1 N–H and O–H groups in total. The lowest BCUT2D eigenvalue weighted by Gasteiger charge is -2.27. The van der Waals surface area contributed by atoms with Crippen molar-refractivity contribution in [3.63, 3.8) is 0 Å². The van der Waals surface area contributed by atoms with E-state index >= 15 is 0 Å². The molecular weight excluding hydrogens is 390 g/mol. The molecule has 0 unspecified atom stereocenters. The van der Waals surface area contributed by atoms with Crippen LogP contribution in [0, 0.1) is 0 Å². The molecule has 4 heterocycles. The van der Waals surface area contributed by atoms with E-state index in [1.54, 1.807) is 18.4 Å². The van der Waals surface area contributed by atoms with Crippen molar-refractivity contribution in [2.45, 2.75) is 31.9 Å². The number of amides is 2. The number of thiazole rings is 1. The molecule has 9 heteroatoms. The fourth-order valence-electron chi connectivity index (χ4n) is 3.84. The lowest BCUT2D eigenvalue weighted by Crippen LogP contribution is -2.44. The number of fused-ring (bicyclic) bond motifs is 3. The molecule has 3 aromatic rings. The Morgan fingerprint density at radius 3 is 3.00 bits per heavy atom. The first kappa shape index (κ1) is 18.4. The summed E-state index contributed by atoms with van der Waals surface area (Å²) in [5, 5.41) is 7.72. The average Bonchev–Trinajstić information content (AvgIpc) is 3.48. The van der Waals surface area contributed by atoms with Gasteiger partial charge < -0.3 is 19.7 Å². The van der Waals surface area contributed by atoms with Crippen molar-refractivity contribution in [2.75, 3.05) is 26.8 Å². The first-order chi connectivity index (χ1) is 14.2. The summed E-state index contributed by atoms with van der Waals surface area (Å²) in [6.07, 6.45) is 3.03. The molecular formula is C20H23N5O3S. The standard InChI is InChI=1S/C20H23N5O3S/c1-27-14-6-4-13(5-7-14)18-22-20-25(23-18)16-8-9-24(12-17(16)29-20)19(26)21-11-15-3-2-10-28-15/h4-7,15H,2-3,8-12H2,1H3,(H,21,26)/t15-/m1/s1. The second-order valence-corrected chi connectivity index (χ2v) is 8.38. The summed E-state index contributed by atoms with van der Waals surface area (Å²) < 4.78 is 12.7. The zero-order chi connectivity index (χ0) is 19.8. The molecule has 1 fully saturated rings. The van der Waals surface area contributed by atoms with Crippen LogP contribution in [0.1, 0.15) is 23.4 Å². The molecule has 2 aliphatic rings. The van der Waals surface area contributed by atoms with Gasteiger partial charge in [0.25, 0.3) is 0 Å². The van der Waals surface area contributed by atoms with Gasteiger partial charge in [-0.1, -0.05) is 11.3 Å². The van der Waals surface area contributed by atoms with Gasteiger partial charge in [0.2, 0.25) is 4.96 Å². The van der Waals surface area contributed by atoms with E-state index in [1.165, 1.54) is 0 Å². The number of aromatic nitrogens is 3. The fourth-order valence-corrected chi connectivity index (χ4v) is 4.96. The lowest BCUT2D eigenvalue weighted by atomic mass is 10.2. The highest BCUT2D eigenvalue weighted by molar-refractivity contribution is 7.17. The molecule has 0 radical (unpaired) electrons. The number of carbonyl (C=O) groups is 1. The van der Waals surface area contributed by atoms with Crippen molar-refractivity contribution in [3.8, 4) is 17.1 Å². The summed E-state index contributed by atoms with van der Waals surface area (Å²) in [5.74, 6) is 1.52. The maximum atomic E-state index is 12.5. The molecule has 2 amide bonds. The van der Waals surface area contributed by atoms with Gasteiger partial charge in [-0.05, 0) is 37.1 Å². The highest BCUT2D eigenvalue weighted by atomic mass is 32.1. The minimum atomic E-state index is -0.0240. The van der Waals surface area contributed by atoms with Crippen molar-refractivity contribution >= 4 is 22.3 Å². The molecule has 1 aromatic carbocycles. The van der Waals surface area contributed by atoms with Crippen LogP contribution in [0.15, 0.2) is 24.3 Å². The zero-order valence-corrected chi connectivity index (χ0v) is 17.1. The third-order valence-corrected chi connectivity index (χ3v) is 6.52. The SMILES string of the molecule is COc1ccc(-c2nc3sc4c(n3n2)CCN(C(=O)NC[C@H]2CCCO2)C4)cc1. The molecule has 29 heavy (non-hydrogen) atoms. The molecule has 1 saturated heterocycles. The molecule has 2 aromatic heterocycles. The third-order valence-electron chi connectivity index (χ3n) is 5.46. The first-order valence-corrected chi connectivity index (χ1v) is 10.7. The van der Waals surface area contributed by atoms with Crippen LogP contribution >= 0.6 is 11.3 Å². The summed E-state index contributed by atoms with van der Waals surface area (Å²) in [5.41, 5.74) is 2.11. The zero-order valence-electron chi connectivity index (χ0n) is 16.3. The molecule has 5 rings (SSSR count). The number of benzene rings is 1. The maximum absolute atomic E-state index is 12.5. The van der Waals surface area contributed by atoms with Gasteiger partial charge >= 0.3 is 6.03 Å². The Kier molecular flexibility index (Phi) is 4.84. The Morgan fingerprint density at radius 2 is 2.24 bits per heavy atom. The van der Waals surface area contributed by atoms with Crippen LogP contribution in [0.2, 0.25) is 0 Å². The Hall–Kier alpha value is -2.65. The van der Waals surface area contributed by atoms with Crippen LogP contribution in [0.25, 0.3) is 16.3 Å². The van der Waals surface area contributed by atoms with E-state index in [0.29, 0.717) is 25.5 Å². The Bertz CT molecular complexity index is 1020. The molecule has 152 valence electrons. The average molecular weight is 414 g/mol. The van der Waals surface area contributed by atoms with E-state index in [-0.39, 0.29) is 12.1 Å². The smallest absolute Gasteiger partial charge is 0.317 e. The number of nitrogens with zero attached hydrogens (tertiary/aromatic N) is 4. The van der Waals surface area contributed by atoms with E-state index in [0.717, 1.165) is 52.7 Å². The summed E-state index contributed by atoms with van der Waals surface area (Å²) in [4.78, 5) is 21.1. The van der Waals surface area contributed by atoms with Crippen molar-refractivity contribution < 1.29 is 14.3 Å². The molecule has 0 spiro atoms. The highest BCUT2D eigenvalue weighted by Gasteiger charge is 2.27. The molecule has 1 atom stereocenters. The normalized spacial score (nSPS) is 18.8. The van der Waals surface area contributed by atoms with E-state index < -0.39 is 0 Å². The fraction of sp³-hybridized carbons (Fsp3) is 0.450. The van der Waals surface area contributed by atoms with E-state index in [1.807, 2.05) is 33.7 Å². The minimum absolute atomic E-state index is 0.0240. The minimum Gasteiger partial charge on any atom is -0.497 e. The van der Waals surface area contributed by atoms with Gasteiger partial charge in [-0.2, -0.15) is 4.98 Å². The quantitative estimate of drug-likeness (QED) is 0.711. The van der Waals surface area contributed by atoms with Crippen LogP contribution in [0.4, 0.5) is 4.79 Å². The summed E-state index contributed by atoms with van der Waals surface area (Å²) in [7, 11) is 1.65. The summed E-state index contributed by atoms with van der Waals surface area (Å²) in [6, 6.07) is 7.72. The van der Waals surface area contributed by atoms with Crippen LogP contribution < -0.4 is 10.1 Å². The van der Waals surface area contributed by atoms with Gasteiger partial charge in [-0.3, -0.25) is 0 Å². The van der Waals surface area contributed by atoms with Crippen molar-refractivity contribution in [1.82, 2.24) is 24.8 Å².